The predicted octanol–water partition coefficient (Wildman–Crippen LogP) is 3.59. The molecule has 2 aromatic rings. The van der Waals surface area contributed by atoms with Gasteiger partial charge in [-0.25, -0.2) is 13.4 Å². The smallest absolute Gasteiger partial charge is 0.266 e. The number of rotatable bonds is 5. The zero-order chi connectivity index (χ0) is 14.9. The van der Waals surface area contributed by atoms with Crippen molar-refractivity contribution in [3.8, 4) is 0 Å². The number of thiophene rings is 1. The van der Waals surface area contributed by atoms with Gasteiger partial charge in [0.15, 0.2) is 5.13 Å². The maximum absolute atomic E-state index is 12.2. The van der Waals surface area contributed by atoms with Gasteiger partial charge in [0.25, 0.3) is 10.0 Å². The zero-order valence-corrected chi connectivity index (χ0v) is 14.4. The van der Waals surface area contributed by atoms with Gasteiger partial charge in [-0.3, -0.25) is 4.72 Å². The number of anilines is 1. The first-order valence-electron chi connectivity index (χ1n) is 5.44. The average molecular weight is 372 g/mol. The van der Waals surface area contributed by atoms with Crippen LogP contribution in [0.1, 0.15) is 18.7 Å². The maximum Gasteiger partial charge on any atom is 0.266 e. The Kier molecular flexibility index (Phi) is 4.93. The number of thiazole rings is 1. The summed E-state index contributed by atoms with van der Waals surface area (Å²) in [6, 6.07) is 1.37. The number of halogens is 2. The minimum Gasteiger partial charge on any atom is -0.312 e. The van der Waals surface area contributed by atoms with Crippen LogP contribution in [0.4, 0.5) is 5.13 Å². The monoisotopic (exact) mass is 371 g/mol. The molecule has 110 valence electrons. The van der Waals surface area contributed by atoms with Crippen LogP contribution in [-0.2, 0) is 10.0 Å². The fourth-order valence-electron chi connectivity index (χ4n) is 1.36. The Labute approximate surface area is 135 Å². The number of aromatic nitrogens is 1. The molecule has 0 saturated heterocycles. The molecular weight excluding hydrogens is 361 g/mol. The van der Waals surface area contributed by atoms with Crippen LogP contribution in [-0.4, -0.2) is 20.4 Å². The summed E-state index contributed by atoms with van der Waals surface area (Å²) in [5, 5.41) is 5.12. The first-order chi connectivity index (χ1) is 9.33. The molecule has 0 aliphatic carbocycles. The highest BCUT2D eigenvalue weighted by Crippen LogP contribution is 2.35. The van der Waals surface area contributed by atoms with Gasteiger partial charge in [0, 0.05) is 11.4 Å². The molecule has 1 unspecified atom stereocenters. The second kappa shape index (κ2) is 6.17. The van der Waals surface area contributed by atoms with Crippen molar-refractivity contribution in [2.45, 2.75) is 17.9 Å². The van der Waals surface area contributed by atoms with Gasteiger partial charge in [-0.1, -0.05) is 23.2 Å². The molecule has 0 bridgehead atoms. The highest BCUT2D eigenvalue weighted by atomic mass is 35.5. The summed E-state index contributed by atoms with van der Waals surface area (Å²) in [6.45, 7) is 1.93. The highest BCUT2D eigenvalue weighted by Gasteiger charge is 2.22. The quantitative estimate of drug-likeness (QED) is 0.842. The average Bonchev–Trinajstić information content (AvgIpc) is 2.95. The summed E-state index contributed by atoms with van der Waals surface area (Å²) in [5.41, 5.74) is 0.768. The van der Waals surface area contributed by atoms with Crippen LogP contribution in [0.5, 0.6) is 0 Å². The van der Waals surface area contributed by atoms with Crippen LogP contribution in [0, 0.1) is 0 Å². The third kappa shape index (κ3) is 3.44. The van der Waals surface area contributed by atoms with Crippen molar-refractivity contribution < 1.29 is 8.42 Å². The van der Waals surface area contributed by atoms with Crippen molar-refractivity contribution in [3.63, 3.8) is 0 Å². The maximum atomic E-state index is 12.2. The van der Waals surface area contributed by atoms with E-state index in [1.54, 1.807) is 12.4 Å². The Bertz CT molecular complexity index is 711. The number of nitrogens with zero attached hydrogens (tertiary/aromatic N) is 1. The fourth-order valence-corrected chi connectivity index (χ4v) is 5.57. The molecular formula is C10H11Cl2N3O2S3. The summed E-state index contributed by atoms with van der Waals surface area (Å²) in [7, 11) is -1.96. The molecule has 20 heavy (non-hydrogen) atoms. The Balaban J connectivity index is 2.25. The molecule has 2 aromatic heterocycles. The lowest BCUT2D eigenvalue weighted by molar-refractivity contribution is 0.601. The predicted molar refractivity (Wildman–Crippen MR) is 84.7 cm³/mol. The summed E-state index contributed by atoms with van der Waals surface area (Å²) in [6.07, 6.45) is 0. The summed E-state index contributed by atoms with van der Waals surface area (Å²) < 4.78 is 27.2. The van der Waals surface area contributed by atoms with E-state index in [9.17, 15) is 8.42 Å². The Morgan fingerprint density at radius 2 is 2.10 bits per heavy atom. The molecule has 2 rings (SSSR count). The van der Waals surface area contributed by atoms with E-state index in [4.69, 9.17) is 23.2 Å². The number of nitrogens with one attached hydrogen (secondary N) is 2. The molecule has 0 aromatic carbocycles. The zero-order valence-electron chi connectivity index (χ0n) is 10.5. The molecule has 0 radical (unpaired) electrons. The van der Waals surface area contributed by atoms with E-state index in [1.165, 1.54) is 17.4 Å². The van der Waals surface area contributed by atoms with Gasteiger partial charge < -0.3 is 5.32 Å². The summed E-state index contributed by atoms with van der Waals surface area (Å²) >= 11 is 13.8. The van der Waals surface area contributed by atoms with Crippen molar-refractivity contribution in [1.29, 1.82) is 0 Å². The normalized spacial score (nSPS) is 13.4. The lowest BCUT2D eigenvalue weighted by Gasteiger charge is -2.06. The second-order valence-corrected chi connectivity index (χ2v) is 8.68. The van der Waals surface area contributed by atoms with Gasteiger partial charge in [-0.2, -0.15) is 0 Å². The molecule has 2 N–H and O–H groups in total. The van der Waals surface area contributed by atoms with Gasteiger partial charge in [-0.05, 0) is 20.0 Å². The SMILES string of the molecule is CNC(C)c1csc(NS(=O)(=O)c2cc(Cl)sc2Cl)n1. The van der Waals surface area contributed by atoms with E-state index in [2.05, 4.69) is 15.0 Å². The fraction of sp³-hybridized carbons (Fsp3) is 0.300. The number of sulfonamides is 1. The summed E-state index contributed by atoms with van der Waals surface area (Å²) in [5.74, 6) is 0. The first kappa shape index (κ1) is 16.0. The largest absolute Gasteiger partial charge is 0.312 e. The van der Waals surface area contributed by atoms with Crippen LogP contribution in [0.2, 0.25) is 8.67 Å². The van der Waals surface area contributed by atoms with Crippen molar-refractivity contribution in [1.82, 2.24) is 10.3 Å². The van der Waals surface area contributed by atoms with Crippen LogP contribution in [0.3, 0.4) is 0 Å². The summed E-state index contributed by atoms with van der Waals surface area (Å²) in [4.78, 5) is 4.19. The van der Waals surface area contributed by atoms with Crippen molar-refractivity contribution in [2.75, 3.05) is 11.8 Å². The third-order valence-corrected chi connectivity index (χ3v) is 6.53. The Morgan fingerprint density at radius 3 is 2.65 bits per heavy atom. The van der Waals surface area contributed by atoms with Gasteiger partial charge in [0.1, 0.15) is 9.23 Å². The van der Waals surface area contributed by atoms with Crippen molar-refractivity contribution in [2.24, 2.45) is 0 Å². The van der Waals surface area contributed by atoms with E-state index < -0.39 is 10.0 Å². The van der Waals surface area contributed by atoms with Gasteiger partial charge in [0.2, 0.25) is 0 Å². The minimum atomic E-state index is -3.77. The van der Waals surface area contributed by atoms with E-state index in [0.29, 0.717) is 9.47 Å². The molecule has 1 atom stereocenters. The Morgan fingerprint density at radius 1 is 1.40 bits per heavy atom. The van der Waals surface area contributed by atoms with E-state index in [0.717, 1.165) is 17.0 Å². The van der Waals surface area contributed by atoms with Crippen LogP contribution in [0.15, 0.2) is 16.3 Å². The second-order valence-electron chi connectivity index (χ2n) is 3.88. The molecule has 2 heterocycles. The van der Waals surface area contributed by atoms with Crippen LogP contribution < -0.4 is 10.0 Å². The van der Waals surface area contributed by atoms with Crippen molar-refractivity contribution >= 4 is 61.0 Å². The van der Waals surface area contributed by atoms with Gasteiger partial charge in [-0.15, -0.1) is 22.7 Å². The van der Waals surface area contributed by atoms with E-state index in [1.807, 2.05) is 6.92 Å². The standard InChI is InChI=1S/C10H11Cl2N3O2S3/c1-5(13-2)6-4-18-10(14-6)15-20(16,17)7-3-8(11)19-9(7)12/h3-5,13H,1-2H3,(H,14,15). The molecule has 10 heteroatoms. The number of hydrogen-bond acceptors (Lipinski definition) is 6. The van der Waals surface area contributed by atoms with E-state index in [-0.39, 0.29) is 15.3 Å². The van der Waals surface area contributed by atoms with Crippen LogP contribution in [0.25, 0.3) is 0 Å². The molecule has 0 saturated carbocycles. The van der Waals surface area contributed by atoms with Gasteiger partial charge in [0.05, 0.1) is 10.0 Å². The first-order valence-corrected chi connectivity index (χ1v) is 9.37. The molecule has 0 amide bonds. The number of hydrogen-bond donors (Lipinski definition) is 2. The third-order valence-electron chi connectivity index (χ3n) is 2.54. The minimum absolute atomic E-state index is 0.0346. The Hall–Kier alpha value is -0.380. The highest BCUT2D eigenvalue weighted by molar-refractivity contribution is 7.93. The lowest BCUT2D eigenvalue weighted by atomic mass is 10.3. The molecule has 0 fully saturated rings. The molecule has 0 spiro atoms. The molecule has 0 aliphatic rings. The molecule has 5 nitrogen and oxygen atoms in total. The van der Waals surface area contributed by atoms with E-state index >= 15 is 0 Å². The van der Waals surface area contributed by atoms with Crippen LogP contribution >= 0.6 is 45.9 Å². The molecule has 0 aliphatic heterocycles. The van der Waals surface area contributed by atoms with Crippen molar-refractivity contribution in [3.05, 3.63) is 25.8 Å². The topological polar surface area (TPSA) is 71.1 Å². The lowest BCUT2D eigenvalue weighted by Crippen LogP contribution is -2.14. The van der Waals surface area contributed by atoms with Gasteiger partial charge >= 0.3 is 0 Å².